The minimum Gasteiger partial charge on any atom is -0.480 e. The fraction of sp³-hybridized carbons (Fsp3) is 0.692. The monoisotopic (exact) mass is 282 g/mol. The Hall–Kier alpha value is -1.01. The van der Waals surface area contributed by atoms with Gasteiger partial charge in [0.05, 0.1) is 6.20 Å². The van der Waals surface area contributed by atoms with Crippen LogP contribution in [0.1, 0.15) is 38.5 Å². The first kappa shape index (κ1) is 13.0. The Balaban J connectivity index is 1.68. The van der Waals surface area contributed by atoms with Gasteiger partial charge in [0.1, 0.15) is 11.8 Å². The van der Waals surface area contributed by atoms with Crippen LogP contribution in [0.3, 0.4) is 0 Å². The Morgan fingerprint density at radius 1 is 1.53 bits per heavy atom. The van der Waals surface area contributed by atoms with Gasteiger partial charge in [-0.3, -0.25) is 10.1 Å². The normalized spacial score (nSPS) is 31.3. The highest BCUT2D eigenvalue weighted by atomic mass is 32.2. The van der Waals surface area contributed by atoms with E-state index in [-0.39, 0.29) is 5.25 Å². The van der Waals surface area contributed by atoms with E-state index in [9.17, 15) is 9.90 Å². The van der Waals surface area contributed by atoms with Crippen molar-refractivity contribution >= 4 is 17.7 Å². The molecular weight excluding hydrogens is 264 g/mol. The van der Waals surface area contributed by atoms with Crippen LogP contribution in [0.2, 0.25) is 0 Å². The summed E-state index contributed by atoms with van der Waals surface area (Å²) in [7, 11) is 0. The third kappa shape index (κ3) is 2.95. The quantitative estimate of drug-likeness (QED) is 0.863. The van der Waals surface area contributed by atoms with Crippen molar-refractivity contribution in [2.45, 2.75) is 60.6 Å². The molecule has 1 aromatic rings. The maximum absolute atomic E-state index is 11.7. The molecular formula is C13H18N2O3S. The van der Waals surface area contributed by atoms with Crippen molar-refractivity contribution < 1.29 is 14.3 Å². The number of oxazole rings is 1. The highest BCUT2D eigenvalue weighted by Gasteiger charge is 2.46. The molecule has 2 unspecified atom stereocenters. The van der Waals surface area contributed by atoms with Crippen LogP contribution >= 0.6 is 11.8 Å². The van der Waals surface area contributed by atoms with Gasteiger partial charge in [-0.1, -0.05) is 11.8 Å². The van der Waals surface area contributed by atoms with Gasteiger partial charge >= 0.3 is 5.97 Å². The lowest BCUT2D eigenvalue weighted by atomic mass is 9.81. The summed E-state index contributed by atoms with van der Waals surface area (Å²) < 4.78 is 5.24. The number of rotatable bonds is 5. The van der Waals surface area contributed by atoms with Crippen LogP contribution < -0.4 is 5.32 Å². The van der Waals surface area contributed by atoms with Crippen LogP contribution in [-0.2, 0) is 4.79 Å². The number of nitrogens with one attached hydrogen (secondary N) is 1. The number of carboxylic acid groups (broad SMARTS) is 1. The van der Waals surface area contributed by atoms with Crippen molar-refractivity contribution in [1.29, 1.82) is 0 Å². The van der Waals surface area contributed by atoms with Crippen LogP contribution in [-0.4, -0.2) is 32.9 Å². The summed E-state index contributed by atoms with van der Waals surface area (Å²) >= 11 is 1.56. The van der Waals surface area contributed by atoms with Gasteiger partial charge in [-0.05, 0) is 38.5 Å². The minimum absolute atomic E-state index is 0.259. The van der Waals surface area contributed by atoms with E-state index in [2.05, 4.69) is 10.3 Å². The van der Waals surface area contributed by atoms with Crippen molar-refractivity contribution in [1.82, 2.24) is 10.3 Å². The average molecular weight is 282 g/mol. The predicted molar refractivity (Wildman–Crippen MR) is 71.1 cm³/mol. The van der Waals surface area contributed by atoms with E-state index in [1.165, 1.54) is 0 Å². The van der Waals surface area contributed by atoms with Crippen molar-refractivity contribution in [2.75, 3.05) is 0 Å². The van der Waals surface area contributed by atoms with E-state index in [0.717, 1.165) is 32.1 Å². The molecule has 0 radical (unpaired) electrons. The van der Waals surface area contributed by atoms with E-state index >= 15 is 0 Å². The highest BCUT2D eigenvalue weighted by Crippen LogP contribution is 2.39. The Labute approximate surface area is 116 Å². The third-order valence-electron chi connectivity index (χ3n) is 3.85. The topological polar surface area (TPSA) is 75.4 Å². The molecule has 0 aromatic carbocycles. The van der Waals surface area contributed by atoms with Gasteiger partial charge in [0, 0.05) is 11.3 Å². The van der Waals surface area contributed by atoms with Crippen LogP contribution in [0.4, 0.5) is 0 Å². The lowest BCUT2D eigenvalue weighted by Gasteiger charge is -2.37. The lowest BCUT2D eigenvalue weighted by Crippen LogP contribution is -2.56. The first-order chi connectivity index (χ1) is 9.18. The summed E-state index contributed by atoms with van der Waals surface area (Å²) in [4.78, 5) is 15.8. The molecule has 2 aliphatic rings. The molecule has 6 heteroatoms. The lowest BCUT2D eigenvalue weighted by molar-refractivity contribution is -0.146. The number of carboxylic acids is 1. The molecule has 1 heterocycles. The fourth-order valence-corrected chi connectivity index (χ4v) is 3.91. The summed E-state index contributed by atoms with van der Waals surface area (Å²) in [6, 6.07) is 0.404. The van der Waals surface area contributed by atoms with Crippen LogP contribution in [0.5, 0.6) is 0 Å². The second kappa shape index (κ2) is 5.17. The standard InChI is InChI=1S/C13H18N2O3S/c16-11(17)13(15-9-3-4-9)5-1-2-10(8-13)19-12-14-6-7-18-12/h6-7,9-10,15H,1-5,8H2,(H,16,17). The van der Waals surface area contributed by atoms with E-state index in [4.69, 9.17) is 4.42 Å². The van der Waals surface area contributed by atoms with Crippen molar-refractivity contribution in [3.05, 3.63) is 12.5 Å². The molecule has 0 aliphatic heterocycles. The Bertz CT molecular complexity index is 447. The van der Waals surface area contributed by atoms with Gasteiger partial charge in [0.15, 0.2) is 0 Å². The van der Waals surface area contributed by atoms with Crippen molar-refractivity contribution in [3.63, 3.8) is 0 Å². The molecule has 5 nitrogen and oxygen atoms in total. The van der Waals surface area contributed by atoms with Crippen LogP contribution in [0, 0.1) is 0 Å². The molecule has 0 amide bonds. The molecule has 104 valence electrons. The third-order valence-corrected chi connectivity index (χ3v) is 4.99. The average Bonchev–Trinajstić information content (AvgIpc) is 3.03. The van der Waals surface area contributed by atoms with E-state index in [1.807, 2.05) is 0 Å². The van der Waals surface area contributed by atoms with E-state index in [0.29, 0.717) is 17.7 Å². The highest BCUT2D eigenvalue weighted by molar-refractivity contribution is 7.99. The second-order valence-corrected chi connectivity index (χ2v) is 6.69. The molecule has 19 heavy (non-hydrogen) atoms. The number of hydrogen-bond donors (Lipinski definition) is 2. The minimum atomic E-state index is -0.746. The first-order valence-electron chi connectivity index (χ1n) is 6.75. The summed E-state index contributed by atoms with van der Waals surface area (Å²) in [6.07, 6.45) is 8.71. The molecule has 2 aliphatic carbocycles. The summed E-state index contributed by atoms with van der Waals surface area (Å²) in [5, 5.41) is 13.8. The molecule has 1 aromatic heterocycles. The number of thioether (sulfide) groups is 1. The zero-order valence-electron chi connectivity index (χ0n) is 10.7. The Kier molecular flexibility index (Phi) is 3.54. The number of nitrogens with zero attached hydrogens (tertiary/aromatic N) is 1. The second-order valence-electron chi connectivity index (χ2n) is 5.44. The SMILES string of the molecule is O=C(O)C1(NC2CC2)CCCC(Sc2ncco2)C1. The van der Waals surface area contributed by atoms with Gasteiger partial charge in [-0.2, -0.15) is 0 Å². The zero-order chi connectivity index (χ0) is 13.3. The molecule has 0 saturated heterocycles. The maximum atomic E-state index is 11.7. The summed E-state index contributed by atoms with van der Waals surface area (Å²) in [5.41, 5.74) is -0.746. The van der Waals surface area contributed by atoms with Crippen LogP contribution in [0.15, 0.2) is 22.1 Å². The molecule has 2 N–H and O–H groups in total. The Morgan fingerprint density at radius 2 is 2.37 bits per heavy atom. The number of aromatic nitrogens is 1. The van der Waals surface area contributed by atoms with Crippen molar-refractivity contribution in [3.8, 4) is 0 Å². The van der Waals surface area contributed by atoms with Gasteiger partial charge in [0.25, 0.3) is 5.22 Å². The van der Waals surface area contributed by atoms with E-state index < -0.39 is 11.5 Å². The fourth-order valence-electron chi connectivity index (χ4n) is 2.74. The predicted octanol–water partition coefficient (Wildman–Crippen LogP) is 2.28. The maximum Gasteiger partial charge on any atom is 0.323 e. The molecule has 2 atom stereocenters. The first-order valence-corrected chi connectivity index (χ1v) is 7.63. The zero-order valence-corrected chi connectivity index (χ0v) is 11.5. The summed E-state index contributed by atoms with van der Waals surface area (Å²) in [5.74, 6) is -0.711. The van der Waals surface area contributed by atoms with Gasteiger partial charge in [0.2, 0.25) is 0 Å². The van der Waals surface area contributed by atoms with E-state index in [1.54, 1.807) is 24.2 Å². The van der Waals surface area contributed by atoms with Gasteiger partial charge < -0.3 is 9.52 Å². The van der Waals surface area contributed by atoms with Crippen LogP contribution in [0.25, 0.3) is 0 Å². The summed E-state index contributed by atoms with van der Waals surface area (Å²) in [6.45, 7) is 0. The van der Waals surface area contributed by atoms with Crippen molar-refractivity contribution in [2.24, 2.45) is 0 Å². The smallest absolute Gasteiger partial charge is 0.323 e. The number of hydrogen-bond acceptors (Lipinski definition) is 5. The molecule has 3 rings (SSSR count). The molecule has 2 saturated carbocycles. The number of carbonyl (C=O) groups is 1. The Morgan fingerprint density at radius 3 is 3.00 bits per heavy atom. The molecule has 0 bridgehead atoms. The van der Waals surface area contributed by atoms with Gasteiger partial charge in [-0.15, -0.1) is 0 Å². The largest absolute Gasteiger partial charge is 0.480 e. The molecule has 0 spiro atoms. The van der Waals surface area contributed by atoms with Gasteiger partial charge in [-0.25, -0.2) is 4.98 Å². The molecule has 2 fully saturated rings. The number of aliphatic carboxylic acids is 1.